The lowest BCUT2D eigenvalue weighted by molar-refractivity contribution is 0.412. The number of hydrogen-bond donors (Lipinski definition) is 2. The van der Waals surface area contributed by atoms with Crippen LogP contribution in [0.15, 0.2) is 53.8 Å². The van der Waals surface area contributed by atoms with Gasteiger partial charge in [0.15, 0.2) is 5.82 Å². The fourth-order valence-electron chi connectivity index (χ4n) is 3.28. The van der Waals surface area contributed by atoms with Gasteiger partial charge >= 0.3 is 0 Å². The predicted octanol–water partition coefficient (Wildman–Crippen LogP) is 4.23. The van der Waals surface area contributed by atoms with Crippen LogP contribution in [0.5, 0.6) is 17.4 Å². The zero-order valence-electron chi connectivity index (χ0n) is 17.1. The van der Waals surface area contributed by atoms with Crippen LogP contribution < -0.4 is 20.1 Å². The molecule has 0 saturated carbocycles. The molecular formula is C22H25N5O2S. The molecule has 0 bridgehead atoms. The topological polar surface area (TPSA) is 81.2 Å². The summed E-state index contributed by atoms with van der Waals surface area (Å²) in [5.74, 6) is 2.51. The molecule has 1 aromatic carbocycles. The molecule has 4 rings (SSSR count). The van der Waals surface area contributed by atoms with Crippen molar-refractivity contribution in [2.24, 2.45) is 0 Å². The van der Waals surface area contributed by atoms with Gasteiger partial charge in [-0.05, 0) is 56.0 Å². The highest BCUT2D eigenvalue weighted by Crippen LogP contribution is 2.31. The fourth-order valence-corrected chi connectivity index (χ4v) is 3.69. The Labute approximate surface area is 180 Å². The summed E-state index contributed by atoms with van der Waals surface area (Å²) in [6, 6.07) is 9.91. The quantitative estimate of drug-likeness (QED) is 0.521. The number of benzene rings is 1. The lowest BCUT2D eigenvalue weighted by Gasteiger charge is -2.16. The number of aromatic nitrogens is 3. The highest BCUT2D eigenvalue weighted by molar-refractivity contribution is 7.98. The van der Waals surface area contributed by atoms with Crippen molar-refractivity contribution in [2.45, 2.75) is 23.8 Å². The molecule has 1 saturated heterocycles. The van der Waals surface area contributed by atoms with Crippen molar-refractivity contribution in [2.75, 3.05) is 31.8 Å². The van der Waals surface area contributed by atoms with E-state index < -0.39 is 0 Å². The Hall–Kier alpha value is -2.84. The Morgan fingerprint density at radius 2 is 2.00 bits per heavy atom. The summed E-state index contributed by atoms with van der Waals surface area (Å²) < 4.78 is 11.4. The first-order valence-electron chi connectivity index (χ1n) is 9.91. The van der Waals surface area contributed by atoms with Crippen molar-refractivity contribution in [1.29, 1.82) is 0 Å². The molecule has 2 N–H and O–H groups in total. The van der Waals surface area contributed by atoms with E-state index in [1.807, 2.05) is 42.8 Å². The van der Waals surface area contributed by atoms with Gasteiger partial charge < -0.3 is 20.1 Å². The maximum absolute atomic E-state index is 6.13. The minimum Gasteiger partial charge on any atom is -0.497 e. The van der Waals surface area contributed by atoms with Crippen LogP contribution in [0, 0.1) is 0 Å². The highest BCUT2D eigenvalue weighted by atomic mass is 32.2. The molecular weight excluding hydrogens is 398 g/mol. The second-order valence-corrected chi connectivity index (χ2v) is 7.86. The van der Waals surface area contributed by atoms with Crippen LogP contribution in [-0.4, -0.2) is 47.4 Å². The first-order chi connectivity index (χ1) is 14.7. The second-order valence-electron chi connectivity index (χ2n) is 6.98. The van der Waals surface area contributed by atoms with Gasteiger partial charge in [-0.3, -0.25) is 4.98 Å². The molecule has 1 aliphatic rings. The Balaban J connectivity index is 1.62. The Kier molecular flexibility index (Phi) is 6.66. The molecule has 0 radical (unpaired) electrons. The van der Waals surface area contributed by atoms with Gasteiger partial charge in [0.05, 0.1) is 13.3 Å². The van der Waals surface area contributed by atoms with Crippen LogP contribution >= 0.6 is 11.8 Å². The van der Waals surface area contributed by atoms with Crippen LogP contribution in [0.3, 0.4) is 0 Å². The lowest BCUT2D eigenvalue weighted by atomic mass is 10.2. The largest absolute Gasteiger partial charge is 0.497 e. The molecule has 1 atom stereocenters. The number of anilines is 1. The minimum atomic E-state index is 0.445. The average Bonchev–Trinajstić information content (AvgIpc) is 3.32. The third kappa shape index (κ3) is 5.01. The summed E-state index contributed by atoms with van der Waals surface area (Å²) in [6.07, 6.45) is 9.75. The number of rotatable bonds is 8. The molecule has 0 unspecified atom stereocenters. The van der Waals surface area contributed by atoms with Crippen molar-refractivity contribution in [3.05, 3.63) is 48.9 Å². The molecule has 0 aliphatic carbocycles. The summed E-state index contributed by atoms with van der Waals surface area (Å²) >= 11 is 1.63. The van der Waals surface area contributed by atoms with E-state index in [0.29, 0.717) is 23.5 Å². The van der Waals surface area contributed by atoms with Crippen molar-refractivity contribution in [3.8, 4) is 28.8 Å². The van der Waals surface area contributed by atoms with E-state index in [0.717, 1.165) is 41.4 Å². The highest BCUT2D eigenvalue weighted by Gasteiger charge is 2.16. The van der Waals surface area contributed by atoms with E-state index in [2.05, 4.69) is 20.6 Å². The molecule has 30 heavy (non-hydrogen) atoms. The maximum atomic E-state index is 6.13. The lowest BCUT2D eigenvalue weighted by Crippen LogP contribution is -2.29. The Morgan fingerprint density at radius 3 is 2.73 bits per heavy atom. The van der Waals surface area contributed by atoms with Crippen LogP contribution in [0.4, 0.5) is 5.69 Å². The van der Waals surface area contributed by atoms with E-state index >= 15 is 0 Å². The predicted molar refractivity (Wildman–Crippen MR) is 120 cm³/mol. The third-order valence-corrected chi connectivity index (χ3v) is 5.63. The number of pyridine rings is 1. The zero-order chi connectivity index (χ0) is 20.8. The van der Waals surface area contributed by atoms with Crippen LogP contribution in [0.25, 0.3) is 11.4 Å². The van der Waals surface area contributed by atoms with Crippen LogP contribution in [0.1, 0.15) is 12.8 Å². The number of methoxy groups -OCH3 is 1. The summed E-state index contributed by atoms with van der Waals surface area (Å²) in [5.41, 5.74) is 1.61. The molecule has 8 heteroatoms. The monoisotopic (exact) mass is 423 g/mol. The molecule has 0 amide bonds. The van der Waals surface area contributed by atoms with Crippen LogP contribution in [-0.2, 0) is 0 Å². The fraction of sp³-hybridized carbons (Fsp3) is 0.318. The van der Waals surface area contributed by atoms with Crippen LogP contribution in [0.2, 0.25) is 0 Å². The Bertz CT molecular complexity index is 978. The molecule has 1 fully saturated rings. The molecule has 0 spiro atoms. The summed E-state index contributed by atoms with van der Waals surface area (Å²) in [6.45, 7) is 1.86. The first kappa shape index (κ1) is 20.4. The number of thioether (sulfide) groups is 1. The molecule has 3 aromatic rings. The van der Waals surface area contributed by atoms with Crippen molar-refractivity contribution >= 4 is 17.4 Å². The SMILES string of the molecule is COc1ccc(Oc2nc(-c3cncc(SC)c3)ncc2NC[C@@H]2CCCN2)cc1. The molecule has 2 aromatic heterocycles. The number of nitrogens with zero attached hydrogens (tertiary/aromatic N) is 3. The second kappa shape index (κ2) is 9.77. The summed E-state index contributed by atoms with van der Waals surface area (Å²) in [7, 11) is 1.64. The van der Waals surface area contributed by atoms with Gasteiger partial charge in [-0.25, -0.2) is 4.98 Å². The third-order valence-electron chi connectivity index (χ3n) is 4.94. The summed E-state index contributed by atoms with van der Waals surface area (Å²) in [5, 5.41) is 6.93. The zero-order valence-corrected chi connectivity index (χ0v) is 17.9. The van der Waals surface area contributed by atoms with Gasteiger partial charge in [0.25, 0.3) is 0 Å². The standard InChI is InChI=1S/C22H25N5O2S/c1-28-17-5-7-18(8-6-17)29-22-20(25-12-16-4-3-9-24-16)14-26-21(27-22)15-10-19(30-2)13-23-11-15/h5-8,10-11,13-14,16,24-25H,3-4,9,12H2,1-2H3/t16-/m0/s1. The minimum absolute atomic E-state index is 0.445. The number of ether oxygens (including phenoxy) is 2. The summed E-state index contributed by atoms with van der Waals surface area (Å²) in [4.78, 5) is 14.6. The number of nitrogens with one attached hydrogen (secondary N) is 2. The maximum Gasteiger partial charge on any atom is 0.246 e. The molecule has 1 aliphatic heterocycles. The van der Waals surface area contributed by atoms with Gasteiger partial charge in [0, 0.05) is 35.4 Å². The first-order valence-corrected chi connectivity index (χ1v) is 11.1. The normalized spacial score (nSPS) is 15.7. The van der Waals surface area contributed by atoms with Gasteiger partial charge in [-0.1, -0.05) is 0 Å². The van der Waals surface area contributed by atoms with Gasteiger partial charge in [0.2, 0.25) is 5.88 Å². The molecule has 156 valence electrons. The molecule has 3 heterocycles. The van der Waals surface area contributed by atoms with E-state index in [1.54, 1.807) is 31.3 Å². The Morgan fingerprint density at radius 1 is 1.17 bits per heavy atom. The van der Waals surface area contributed by atoms with Crippen molar-refractivity contribution in [1.82, 2.24) is 20.3 Å². The number of hydrogen-bond acceptors (Lipinski definition) is 8. The van der Waals surface area contributed by atoms with Crippen molar-refractivity contribution < 1.29 is 9.47 Å². The average molecular weight is 424 g/mol. The van der Waals surface area contributed by atoms with Gasteiger partial charge in [-0.2, -0.15) is 4.98 Å². The van der Waals surface area contributed by atoms with E-state index in [4.69, 9.17) is 14.5 Å². The van der Waals surface area contributed by atoms with E-state index in [9.17, 15) is 0 Å². The van der Waals surface area contributed by atoms with Gasteiger partial charge in [-0.15, -0.1) is 11.8 Å². The van der Waals surface area contributed by atoms with Crippen molar-refractivity contribution in [3.63, 3.8) is 0 Å². The smallest absolute Gasteiger partial charge is 0.246 e. The molecule has 7 nitrogen and oxygen atoms in total. The van der Waals surface area contributed by atoms with Gasteiger partial charge in [0.1, 0.15) is 17.2 Å². The van der Waals surface area contributed by atoms with E-state index in [1.165, 1.54) is 6.42 Å². The van der Waals surface area contributed by atoms with E-state index in [-0.39, 0.29) is 0 Å².